The summed E-state index contributed by atoms with van der Waals surface area (Å²) in [5, 5.41) is 0. The molecule has 3 aromatic rings. The fraction of sp³-hybridized carbons (Fsp3) is 0.130. The Bertz CT molecular complexity index is 1220. The maximum Gasteiger partial charge on any atom is 0.338 e. The zero-order valence-electron chi connectivity index (χ0n) is 16.4. The van der Waals surface area contributed by atoms with Crippen molar-refractivity contribution < 1.29 is 17.9 Å². The zero-order valence-corrected chi connectivity index (χ0v) is 17.2. The summed E-state index contributed by atoms with van der Waals surface area (Å²) >= 11 is 0. The van der Waals surface area contributed by atoms with Gasteiger partial charge in [-0.2, -0.15) is 8.42 Å². The van der Waals surface area contributed by atoms with E-state index in [1.165, 1.54) is 0 Å². The van der Waals surface area contributed by atoms with Crippen LogP contribution in [-0.2, 0) is 14.8 Å². The molecule has 0 aromatic heterocycles. The maximum absolute atomic E-state index is 12.5. The Morgan fingerprint density at radius 1 is 0.967 bits per heavy atom. The Morgan fingerprint density at radius 3 is 2.47 bits per heavy atom. The molecule has 7 heteroatoms. The summed E-state index contributed by atoms with van der Waals surface area (Å²) in [7, 11) is -3.76. The number of nitrogens with zero attached hydrogens (tertiary/aromatic N) is 2. The third-order valence-corrected chi connectivity index (χ3v) is 6.06. The Kier molecular flexibility index (Phi) is 5.37. The molecule has 0 amide bonds. The Balaban J connectivity index is 1.63. The van der Waals surface area contributed by atoms with Gasteiger partial charge in [0.2, 0.25) is 0 Å². The number of carbonyl (C=O) groups is 1. The molecule has 1 aliphatic heterocycles. The van der Waals surface area contributed by atoms with E-state index < -0.39 is 16.0 Å². The zero-order chi connectivity index (χ0) is 21.1. The van der Waals surface area contributed by atoms with Gasteiger partial charge in [0.1, 0.15) is 11.5 Å². The molecule has 0 radical (unpaired) electrons. The van der Waals surface area contributed by atoms with Gasteiger partial charge in [0.25, 0.3) is 10.0 Å². The molecule has 0 bridgehead atoms. The number of sulfonamides is 1. The van der Waals surface area contributed by atoms with Gasteiger partial charge in [-0.25, -0.2) is 4.79 Å². The summed E-state index contributed by atoms with van der Waals surface area (Å²) in [6.45, 7) is 2.28. The molecule has 0 aliphatic carbocycles. The predicted molar refractivity (Wildman–Crippen MR) is 115 cm³/mol. The van der Waals surface area contributed by atoms with Crippen LogP contribution in [-0.4, -0.2) is 33.4 Å². The second-order valence-electron chi connectivity index (χ2n) is 6.88. The van der Waals surface area contributed by atoms with E-state index in [0.29, 0.717) is 17.0 Å². The van der Waals surface area contributed by atoms with Gasteiger partial charge in [0, 0.05) is 11.3 Å². The predicted octanol–water partition coefficient (Wildman–Crippen LogP) is 3.81. The highest BCUT2D eigenvalue weighted by atomic mass is 32.2. The van der Waals surface area contributed by atoms with Gasteiger partial charge in [-0.15, -0.1) is 4.40 Å². The van der Waals surface area contributed by atoms with Crippen molar-refractivity contribution in [3.8, 4) is 0 Å². The van der Waals surface area contributed by atoms with Crippen LogP contribution in [0, 0.1) is 6.92 Å². The average molecular weight is 420 g/mol. The van der Waals surface area contributed by atoms with Crippen LogP contribution in [0.2, 0.25) is 0 Å². The lowest BCUT2D eigenvalue weighted by molar-refractivity contribution is 0.0517. The minimum Gasteiger partial charge on any atom is -0.460 e. The highest BCUT2D eigenvalue weighted by Gasteiger charge is 2.32. The molecule has 0 saturated carbocycles. The number of benzene rings is 3. The topological polar surface area (TPSA) is 76.0 Å². The van der Waals surface area contributed by atoms with Crippen molar-refractivity contribution in [1.82, 2.24) is 0 Å². The fourth-order valence-electron chi connectivity index (χ4n) is 3.32. The lowest BCUT2D eigenvalue weighted by Crippen LogP contribution is -2.34. The Labute approximate surface area is 175 Å². The normalized spacial score (nSPS) is 14.0. The van der Waals surface area contributed by atoms with Crippen molar-refractivity contribution in [2.45, 2.75) is 11.8 Å². The maximum atomic E-state index is 12.5. The largest absolute Gasteiger partial charge is 0.460 e. The number of ether oxygens (including phenoxy) is 1. The van der Waals surface area contributed by atoms with Crippen LogP contribution in [0.5, 0.6) is 0 Å². The van der Waals surface area contributed by atoms with E-state index in [1.807, 2.05) is 37.3 Å². The first-order valence-electron chi connectivity index (χ1n) is 9.46. The van der Waals surface area contributed by atoms with E-state index >= 15 is 0 Å². The summed E-state index contributed by atoms with van der Waals surface area (Å²) < 4.78 is 34.5. The lowest BCUT2D eigenvalue weighted by Gasteiger charge is -2.25. The molecule has 0 N–H and O–H groups in total. The molecule has 3 aromatic carbocycles. The monoisotopic (exact) mass is 420 g/mol. The summed E-state index contributed by atoms with van der Waals surface area (Å²) in [5.74, 6) is -0.104. The molecule has 0 unspecified atom stereocenters. The molecule has 1 heterocycles. The van der Waals surface area contributed by atoms with Crippen LogP contribution in [0.25, 0.3) is 0 Å². The van der Waals surface area contributed by atoms with E-state index in [4.69, 9.17) is 4.74 Å². The average Bonchev–Trinajstić information content (AvgIpc) is 3.02. The fourth-order valence-corrected chi connectivity index (χ4v) is 4.53. The van der Waals surface area contributed by atoms with Gasteiger partial charge in [0.05, 0.1) is 12.1 Å². The number of aryl methyl sites for hydroxylation is 1. The van der Waals surface area contributed by atoms with E-state index in [1.54, 1.807) is 53.4 Å². The molecule has 1 aliphatic rings. The summed E-state index contributed by atoms with van der Waals surface area (Å²) in [5.41, 5.74) is 2.80. The third-order valence-electron chi connectivity index (χ3n) is 4.74. The van der Waals surface area contributed by atoms with Gasteiger partial charge >= 0.3 is 5.97 Å². The van der Waals surface area contributed by atoms with Crippen molar-refractivity contribution in [2.75, 3.05) is 18.1 Å². The van der Waals surface area contributed by atoms with Crippen molar-refractivity contribution in [3.63, 3.8) is 0 Å². The first kappa shape index (κ1) is 19.8. The first-order chi connectivity index (χ1) is 14.5. The van der Waals surface area contributed by atoms with Crippen LogP contribution >= 0.6 is 0 Å². The molecule has 4 rings (SSSR count). The molecule has 0 fully saturated rings. The number of amidine groups is 1. The molecule has 152 valence electrons. The quantitative estimate of drug-likeness (QED) is 0.587. The number of fused-ring (bicyclic) bond motifs is 1. The van der Waals surface area contributed by atoms with Crippen LogP contribution in [0.3, 0.4) is 0 Å². The second kappa shape index (κ2) is 8.12. The molecule has 6 nitrogen and oxygen atoms in total. The van der Waals surface area contributed by atoms with Crippen molar-refractivity contribution in [2.24, 2.45) is 4.40 Å². The minimum atomic E-state index is -3.76. The van der Waals surface area contributed by atoms with Crippen molar-refractivity contribution in [3.05, 3.63) is 95.6 Å². The number of rotatable bonds is 5. The summed E-state index contributed by atoms with van der Waals surface area (Å²) in [6.07, 6.45) is 0. The van der Waals surface area contributed by atoms with Crippen LogP contribution in [0.15, 0.2) is 88.2 Å². The first-order valence-corrected chi connectivity index (χ1v) is 10.9. The van der Waals surface area contributed by atoms with Crippen LogP contribution in [0.1, 0.15) is 21.5 Å². The molecule has 0 saturated heterocycles. The van der Waals surface area contributed by atoms with Gasteiger partial charge in [0.15, 0.2) is 5.84 Å². The second-order valence-corrected chi connectivity index (χ2v) is 8.45. The van der Waals surface area contributed by atoms with Gasteiger partial charge in [-0.3, -0.25) is 0 Å². The SMILES string of the molecule is Cc1cccc(N(CCOC(=O)c2ccccc2)C2=NS(=O)(=O)c3ccccc32)c1. The van der Waals surface area contributed by atoms with E-state index in [2.05, 4.69) is 4.40 Å². The molecule has 0 spiro atoms. The van der Waals surface area contributed by atoms with Crippen molar-refractivity contribution in [1.29, 1.82) is 0 Å². The number of anilines is 1. The summed E-state index contributed by atoms with van der Waals surface area (Å²) in [6, 6.07) is 23.1. The highest BCUT2D eigenvalue weighted by molar-refractivity contribution is 7.90. The molecule has 0 atom stereocenters. The standard InChI is InChI=1S/C23H20N2O4S/c1-17-8-7-11-19(16-17)25(14-15-29-23(26)18-9-3-2-4-10-18)22-20-12-5-6-13-21(20)30(27,28)24-22/h2-13,16H,14-15H2,1H3. The van der Waals surface area contributed by atoms with E-state index in [0.717, 1.165) is 11.3 Å². The lowest BCUT2D eigenvalue weighted by atomic mass is 10.1. The number of carbonyl (C=O) groups excluding carboxylic acids is 1. The molecular formula is C23H20N2O4S. The number of hydrogen-bond acceptors (Lipinski definition) is 5. The highest BCUT2D eigenvalue weighted by Crippen LogP contribution is 2.30. The van der Waals surface area contributed by atoms with E-state index in [-0.39, 0.29) is 18.0 Å². The minimum absolute atomic E-state index is 0.0723. The smallest absolute Gasteiger partial charge is 0.338 e. The van der Waals surface area contributed by atoms with Gasteiger partial charge in [-0.05, 0) is 48.9 Å². The molecular weight excluding hydrogens is 400 g/mol. The van der Waals surface area contributed by atoms with E-state index in [9.17, 15) is 13.2 Å². The molecule has 30 heavy (non-hydrogen) atoms. The summed E-state index contributed by atoms with van der Waals surface area (Å²) in [4.78, 5) is 14.2. The van der Waals surface area contributed by atoms with Crippen molar-refractivity contribution >= 4 is 27.5 Å². The van der Waals surface area contributed by atoms with Crippen LogP contribution in [0.4, 0.5) is 5.69 Å². The Morgan fingerprint density at radius 2 is 1.70 bits per heavy atom. The third kappa shape index (κ3) is 3.97. The van der Waals surface area contributed by atoms with Gasteiger partial charge < -0.3 is 9.64 Å². The van der Waals surface area contributed by atoms with Crippen LogP contribution < -0.4 is 4.90 Å². The number of esters is 1. The number of hydrogen-bond donors (Lipinski definition) is 0. The van der Waals surface area contributed by atoms with Gasteiger partial charge in [-0.1, -0.05) is 42.5 Å². The Hall–Kier alpha value is -3.45.